The Morgan fingerprint density at radius 2 is 1.50 bits per heavy atom. The first-order valence-electron chi connectivity index (χ1n) is 20.4. The monoisotopic (exact) mass is 872 g/mol. The SMILES string of the molecule is C[C@H](NC(=O)[C@@H](Cc1c[nH]c2c1CCC=C2)NC(=O)[C@@H](N)Cc1cnc[nH]1)C(=O)NN(Cc1ccccc1)S(=O)(=O)N[C@H](Cc1ccccc1)C(=O)N[C@@H](CCCCN)C(N)=O. The quantitative estimate of drug-likeness (QED) is 0.0329. The summed E-state index contributed by atoms with van der Waals surface area (Å²) < 4.78 is 31.7. The number of carbonyl (C=O) groups is 5. The van der Waals surface area contributed by atoms with Crippen molar-refractivity contribution in [2.24, 2.45) is 17.2 Å². The Hall–Kier alpha value is -6.19. The van der Waals surface area contributed by atoms with Crippen molar-refractivity contribution in [3.63, 3.8) is 0 Å². The summed E-state index contributed by atoms with van der Waals surface area (Å²) in [5.74, 6) is -3.88. The van der Waals surface area contributed by atoms with E-state index in [-0.39, 0.29) is 32.2 Å². The summed E-state index contributed by atoms with van der Waals surface area (Å²) >= 11 is 0. The molecule has 0 saturated carbocycles. The zero-order valence-corrected chi connectivity index (χ0v) is 35.3. The van der Waals surface area contributed by atoms with Crippen LogP contribution in [0, 0.1) is 0 Å². The number of H-pyrrole nitrogens is 2. The lowest BCUT2D eigenvalue weighted by Gasteiger charge is -2.28. The molecular weight excluding hydrogens is 817 g/mol. The van der Waals surface area contributed by atoms with Crippen molar-refractivity contribution < 1.29 is 32.4 Å². The number of nitrogens with one attached hydrogen (secondary N) is 7. The standard InChI is InChI=1S/C42H56N12O7S/c1-27(49-41(58)36(21-30-23-47-34-17-9-8-16-32(30)34)51-40(57)33(44)22-31-24-46-26-48-31)39(56)52-54(25-29-14-6-3-7-15-29)62(60,61)53-37(20-28-12-4-2-5-13-28)42(59)50-35(38(45)55)18-10-11-19-43/h2-7,9,12-15,17,23-24,26-27,33,35-37,47,53H,8,10-11,16,18-22,25,43-44H2,1H3,(H2,45,55)(H,46,48)(H,49,58)(H,50,59)(H,51,57)(H,52,56)/t27-,33-,35-,36+,37+/m0/s1. The molecule has 0 aliphatic heterocycles. The van der Waals surface area contributed by atoms with E-state index >= 15 is 0 Å². The second-order valence-electron chi connectivity index (χ2n) is 15.1. The van der Waals surface area contributed by atoms with Gasteiger partial charge in [0, 0.05) is 36.6 Å². The lowest BCUT2D eigenvalue weighted by Crippen LogP contribution is -2.60. The van der Waals surface area contributed by atoms with E-state index in [1.807, 2.05) is 12.2 Å². The summed E-state index contributed by atoms with van der Waals surface area (Å²) in [6.07, 6.45) is 11.6. The van der Waals surface area contributed by atoms with Crippen LogP contribution in [0.4, 0.5) is 0 Å². The smallest absolute Gasteiger partial charge is 0.297 e. The molecule has 2 aromatic heterocycles. The van der Waals surface area contributed by atoms with Crippen LogP contribution in [0.25, 0.3) is 6.08 Å². The Bertz CT molecular complexity index is 2250. The third-order valence-electron chi connectivity index (χ3n) is 10.3. The van der Waals surface area contributed by atoms with E-state index in [0.29, 0.717) is 40.6 Å². The summed E-state index contributed by atoms with van der Waals surface area (Å²) in [4.78, 5) is 77.4. The molecule has 0 radical (unpaired) electrons. The van der Waals surface area contributed by atoms with Gasteiger partial charge in [0.05, 0.1) is 18.9 Å². The Labute approximate surface area is 360 Å². The number of hydrogen-bond donors (Lipinski definition) is 10. The van der Waals surface area contributed by atoms with Gasteiger partial charge in [0.2, 0.25) is 23.6 Å². The number of nitrogens with two attached hydrogens (primary N) is 3. The molecule has 1 aliphatic rings. The zero-order chi connectivity index (χ0) is 44.6. The summed E-state index contributed by atoms with van der Waals surface area (Å²) in [6, 6.07) is 10.9. The largest absolute Gasteiger partial charge is 0.368 e. The van der Waals surface area contributed by atoms with Crippen molar-refractivity contribution in [3.05, 3.63) is 119 Å². The highest BCUT2D eigenvalue weighted by Gasteiger charge is 2.34. The number of unbranched alkanes of at least 4 members (excludes halogenated alkanes) is 1. The topological polar surface area (TPSA) is 305 Å². The highest BCUT2D eigenvalue weighted by Crippen LogP contribution is 2.23. The van der Waals surface area contributed by atoms with Gasteiger partial charge < -0.3 is 43.1 Å². The van der Waals surface area contributed by atoms with Gasteiger partial charge in [-0.05, 0) is 80.3 Å². The van der Waals surface area contributed by atoms with Crippen molar-refractivity contribution >= 4 is 45.8 Å². The number of imidazole rings is 1. The Morgan fingerprint density at radius 3 is 2.16 bits per heavy atom. The molecule has 2 aromatic carbocycles. The van der Waals surface area contributed by atoms with Gasteiger partial charge >= 0.3 is 0 Å². The fourth-order valence-corrected chi connectivity index (χ4v) is 8.07. The molecule has 2 heterocycles. The molecule has 62 heavy (non-hydrogen) atoms. The van der Waals surface area contributed by atoms with Crippen LogP contribution in [0.2, 0.25) is 0 Å². The van der Waals surface area contributed by atoms with Crippen molar-refractivity contribution in [2.75, 3.05) is 6.54 Å². The van der Waals surface area contributed by atoms with E-state index in [4.69, 9.17) is 17.2 Å². The maximum Gasteiger partial charge on any atom is 0.297 e. The van der Waals surface area contributed by atoms with Crippen LogP contribution in [0.3, 0.4) is 0 Å². The van der Waals surface area contributed by atoms with E-state index in [9.17, 15) is 32.4 Å². The molecule has 5 rings (SSSR count). The minimum atomic E-state index is -4.77. The zero-order valence-electron chi connectivity index (χ0n) is 34.5. The summed E-state index contributed by atoms with van der Waals surface area (Å²) in [6.45, 7) is 1.35. The van der Waals surface area contributed by atoms with Crippen molar-refractivity contribution in [2.45, 2.75) is 95.0 Å². The lowest BCUT2D eigenvalue weighted by molar-refractivity contribution is -0.133. The molecule has 332 valence electrons. The van der Waals surface area contributed by atoms with E-state index in [1.165, 1.54) is 19.4 Å². The number of amides is 5. The highest BCUT2D eigenvalue weighted by molar-refractivity contribution is 7.87. The fourth-order valence-electron chi connectivity index (χ4n) is 6.87. The van der Waals surface area contributed by atoms with E-state index in [0.717, 1.165) is 29.7 Å². The van der Waals surface area contributed by atoms with Crippen LogP contribution in [0.1, 0.15) is 66.2 Å². The second-order valence-corrected chi connectivity index (χ2v) is 16.7. The fraction of sp³-hybridized carbons (Fsp3) is 0.381. The van der Waals surface area contributed by atoms with Crippen molar-refractivity contribution in [3.8, 4) is 0 Å². The van der Waals surface area contributed by atoms with Gasteiger partial charge in [0.15, 0.2) is 0 Å². The van der Waals surface area contributed by atoms with Crippen molar-refractivity contribution in [1.82, 2.24) is 45.5 Å². The molecule has 4 aromatic rings. The molecular formula is C42H56N12O7S. The first-order chi connectivity index (χ1) is 29.7. The van der Waals surface area contributed by atoms with Gasteiger partial charge in [-0.3, -0.25) is 29.4 Å². The number of hydrazine groups is 1. The number of aromatic amines is 2. The van der Waals surface area contributed by atoms with Gasteiger partial charge in [-0.1, -0.05) is 71.2 Å². The molecule has 0 bridgehead atoms. The van der Waals surface area contributed by atoms with Crippen LogP contribution < -0.4 is 43.3 Å². The predicted octanol–water partition coefficient (Wildman–Crippen LogP) is -0.123. The third kappa shape index (κ3) is 13.7. The number of carbonyl (C=O) groups excluding carboxylic acids is 5. The van der Waals surface area contributed by atoms with Crippen LogP contribution in [-0.2, 0) is 66.4 Å². The minimum Gasteiger partial charge on any atom is -0.368 e. The van der Waals surface area contributed by atoms with Crippen LogP contribution in [-0.4, -0.2) is 94.1 Å². The lowest BCUT2D eigenvalue weighted by atomic mass is 9.96. The molecule has 0 unspecified atom stereocenters. The third-order valence-corrected chi connectivity index (χ3v) is 11.7. The number of hydrogen-bond acceptors (Lipinski definition) is 10. The van der Waals surface area contributed by atoms with Gasteiger partial charge in [-0.25, -0.2) is 4.98 Å². The van der Waals surface area contributed by atoms with Crippen molar-refractivity contribution in [1.29, 1.82) is 0 Å². The van der Waals surface area contributed by atoms with Crippen LogP contribution in [0.15, 0.2) is 85.5 Å². The molecule has 5 amide bonds. The molecule has 0 saturated heterocycles. The number of nitrogens with zero attached hydrogens (tertiary/aromatic N) is 2. The average molecular weight is 873 g/mol. The normalized spacial score (nSPS) is 14.8. The number of rotatable bonds is 24. The average Bonchev–Trinajstić information content (AvgIpc) is 3.93. The number of allylic oxidation sites excluding steroid dienone is 1. The number of aromatic nitrogens is 3. The Morgan fingerprint density at radius 1 is 0.823 bits per heavy atom. The summed E-state index contributed by atoms with van der Waals surface area (Å²) in [5, 5.41) is 7.94. The van der Waals surface area contributed by atoms with Crippen LogP contribution in [0.5, 0.6) is 0 Å². The maximum absolute atomic E-state index is 14.3. The molecule has 1 aliphatic carbocycles. The van der Waals surface area contributed by atoms with Gasteiger partial charge in [0.1, 0.15) is 24.2 Å². The summed E-state index contributed by atoms with van der Waals surface area (Å²) in [5.41, 5.74) is 24.2. The molecule has 0 spiro atoms. The number of primary amides is 1. The highest BCUT2D eigenvalue weighted by atomic mass is 32.2. The molecule has 20 heteroatoms. The van der Waals surface area contributed by atoms with E-state index in [2.05, 4.69) is 41.1 Å². The molecule has 19 nitrogen and oxygen atoms in total. The van der Waals surface area contributed by atoms with E-state index in [1.54, 1.807) is 66.9 Å². The summed E-state index contributed by atoms with van der Waals surface area (Å²) in [7, 11) is -4.77. The van der Waals surface area contributed by atoms with Gasteiger partial charge in [-0.15, -0.1) is 0 Å². The Balaban J connectivity index is 1.35. The number of benzene rings is 2. The molecule has 0 fully saturated rings. The first-order valence-corrected chi connectivity index (χ1v) is 21.8. The predicted molar refractivity (Wildman–Crippen MR) is 232 cm³/mol. The second kappa shape index (κ2) is 22.6. The van der Waals surface area contributed by atoms with Gasteiger partial charge in [0.25, 0.3) is 16.1 Å². The minimum absolute atomic E-state index is 0.0648. The van der Waals surface area contributed by atoms with Crippen LogP contribution >= 0.6 is 0 Å². The molecule has 5 atom stereocenters. The van der Waals surface area contributed by atoms with E-state index < -0.39 is 70.0 Å². The maximum atomic E-state index is 14.3. The first kappa shape index (κ1) is 46.9. The molecule has 13 N–H and O–H groups in total. The van der Waals surface area contributed by atoms with Gasteiger partial charge in [-0.2, -0.15) is 13.1 Å². The number of fused-ring (bicyclic) bond motifs is 1. The Kier molecular flexibility index (Phi) is 17.1.